The number of aryl methyl sites for hydroxylation is 1. The molecule has 0 saturated heterocycles. The van der Waals surface area contributed by atoms with E-state index in [1.54, 1.807) is 24.4 Å². The van der Waals surface area contributed by atoms with E-state index in [0.717, 1.165) is 23.1 Å². The molecule has 0 aliphatic heterocycles. The summed E-state index contributed by atoms with van der Waals surface area (Å²) in [6, 6.07) is 8.82. The van der Waals surface area contributed by atoms with Crippen molar-refractivity contribution in [2.45, 2.75) is 33.4 Å². The van der Waals surface area contributed by atoms with E-state index in [1.165, 1.54) is 0 Å². The Morgan fingerprint density at radius 2 is 1.91 bits per heavy atom. The predicted molar refractivity (Wildman–Crippen MR) is 123 cm³/mol. The molecular formula is C25H25F3N4. The van der Waals surface area contributed by atoms with Gasteiger partial charge in [-0.15, -0.1) is 0 Å². The number of hydrogen-bond donors (Lipinski definition) is 1. The molecule has 1 aromatic carbocycles. The number of pyridine rings is 1. The first-order valence-electron chi connectivity index (χ1n) is 10.3. The highest BCUT2D eigenvalue weighted by Crippen LogP contribution is 2.32. The number of nitrogens with zero attached hydrogens (tertiary/aromatic N) is 3. The fourth-order valence-corrected chi connectivity index (χ4v) is 3.08. The molecule has 166 valence electrons. The van der Waals surface area contributed by atoms with Crippen molar-refractivity contribution in [3.8, 4) is 11.3 Å². The maximum Gasteiger partial charge on any atom is 0.451 e. The van der Waals surface area contributed by atoms with Crippen molar-refractivity contribution in [2.24, 2.45) is 0 Å². The van der Waals surface area contributed by atoms with Gasteiger partial charge in [0.1, 0.15) is 5.82 Å². The van der Waals surface area contributed by atoms with Crippen LogP contribution in [0, 0.1) is 6.92 Å². The van der Waals surface area contributed by atoms with Gasteiger partial charge in [-0.2, -0.15) is 13.2 Å². The van der Waals surface area contributed by atoms with Crippen molar-refractivity contribution < 1.29 is 13.2 Å². The van der Waals surface area contributed by atoms with Crippen molar-refractivity contribution in [1.82, 2.24) is 15.0 Å². The third-order valence-electron chi connectivity index (χ3n) is 4.75. The lowest BCUT2D eigenvalue weighted by Gasteiger charge is -2.13. The molecule has 7 heteroatoms. The Labute approximate surface area is 185 Å². The summed E-state index contributed by atoms with van der Waals surface area (Å²) >= 11 is 0. The molecule has 0 atom stereocenters. The molecule has 0 aliphatic rings. The van der Waals surface area contributed by atoms with Crippen molar-refractivity contribution in [3.63, 3.8) is 0 Å². The zero-order valence-electron chi connectivity index (χ0n) is 18.3. The van der Waals surface area contributed by atoms with Gasteiger partial charge in [0.2, 0.25) is 5.82 Å². The van der Waals surface area contributed by atoms with Gasteiger partial charge in [0.25, 0.3) is 0 Å². The summed E-state index contributed by atoms with van der Waals surface area (Å²) in [5, 5.41) is 3.48. The van der Waals surface area contributed by atoms with Gasteiger partial charge >= 0.3 is 6.18 Å². The van der Waals surface area contributed by atoms with Crippen LogP contribution in [0.25, 0.3) is 22.2 Å². The number of aromatic nitrogens is 3. The first-order chi connectivity index (χ1) is 15.2. The van der Waals surface area contributed by atoms with Crippen molar-refractivity contribution >= 4 is 16.7 Å². The highest BCUT2D eigenvalue weighted by molar-refractivity contribution is 5.92. The van der Waals surface area contributed by atoms with Gasteiger partial charge in [0, 0.05) is 23.7 Å². The van der Waals surface area contributed by atoms with Crippen molar-refractivity contribution in [3.05, 3.63) is 83.9 Å². The Bertz CT molecular complexity index is 1180. The van der Waals surface area contributed by atoms with Crippen molar-refractivity contribution in [2.75, 3.05) is 11.9 Å². The van der Waals surface area contributed by atoms with E-state index < -0.39 is 12.0 Å². The van der Waals surface area contributed by atoms with Crippen LogP contribution >= 0.6 is 0 Å². The molecular weight excluding hydrogens is 413 g/mol. The molecule has 1 N–H and O–H groups in total. The monoisotopic (exact) mass is 438 g/mol. The standard InChI is InChI=1S/C25H25F3N4/c1-5-6-16(2)7-8-17(3)15-30-23-20-13-19(21-11-9-18(4)14-29-21)10-12-22(20)31-24(32-23)25(26,27)28/h6-14H,3,5,15H2,1-2,4H3,(H,30,31,32)/b8-7-,16-6+. The SMILES string of the molecule is C=C(/C=C\C(C)=C\CC)CNc1nc(C(F)(F)F)nc2ccc(-c3ccc(C)cn3)cc12. The Hall–Kier alpha value is -3.48. The molecule has 0 spiro atoms. The van der Waals surface area contributed by atoms with Crippen LogP contribution in [0.2, 0.25) is 0 Å². The number of fused-ring (bicyclic) bond motifs is 1. The summed E-state index contributed by atoms with van der Waals surface area (Å²) in [6.45, 7) is 10.2. The molecule has 0 fully saturated rings. The van der Waals surface area contributed by atoms with Gasteiger partial charge in [0.05, 0.1) is 11.2 Å². The number of rotatable bonds is 7. The van der Waals surface area contributed by atoms with Gasteiger partial charge in [0.15, 0.2) is 0 Å². The van der Waals surface area contributed by atoms with Gasteiger partial charge in [-0.25, -0.2) is 9.97 Å². The second kappa shape index (κ2) is 9.77. The van der Waals surface area contributed by atoms with E-state index >= 15 is 0 Å². The minimum absolute atomic E-state index is 0.103. The number of benzene rings is 1. The van der Waals surface area contributed by atoms with Crippen molar-refractivity contribution in [1.29, 1.82) is 0 Å². The van der Waals surface area contributed by atoms with E-state index in [4.69, 9.17) is 0 Å². The van der Waals surface area contributed by atoms with Crippen LogP contribution in [-0.2, 0) is 6.18 Å². The zero-order chi connectivity index (χ0) is 23.3. The predicted octanol–water partition coefficient (Wildman–Crippen LogP) is 6.90. The molecule has 2 aromatic heterocycles. The molecule has 0 bridgehead atoms. The second-order valence-corrected chi connectivity index (χ2v) is 7.55. The summed E-state index contributed by atoms with van der Waals surface area (Å²) in [7, 11) is 0. The minimum atomic E-state index is -4.65. The fourth-order valence-electron chi connectivity index (χ4n) is 3.08. The van der Waals surface area contributed by atoms with E-state index in [-0.39, 0.29) is 17.9 Å². The summed E-state index contributed by atoms with van der Waals surface area (Å²) < 4.78 is 40.1. The third-order valence-corrected chi connectivity index (χ3v) is 4.75. The Kier molecular flexibility index (Phi) is 7.08. The van der Waals surface area contributed by atoms with Gasteiger partial charge in [-0.05, 0) is 49.6 Å². The first-order valence-corrected chi connectivity index (χ1v) is 10.3. The van der Waals surface area contributed by atoms with Gasteiger partial charge < -0.3 is 5.32 Å². The molecule has 0 aliphatic carbocycles. The van der Waals surface area contributed by atoms with Crippen LogP contribution in [0.3, 0.4) is 0 Å². The minimum Gasteiger partial charge on any atom is -0.365 e. The Morgan fingerprint density at radius 1 is 1.12 bits per heavy atom. The third kappa shape index (κ3) is 5.81. The summed E-state index contributed by atoms with van der Waals surface area (Å²) in [5.74, 6) is -1.08. The highest BCUT2D eigenvalue weighted by Gasteiger charge is 2.35. The molecule has 0 amide bonds. The van der Waals surface area contributed by atoms with Crippen LogP contribution < -0.4 is 5.32 Å². The Balaban J connectivity index is 1.97. The highest BCUT2D eigenvalue weighted by atomic mass is 19.4. The topological polar surface area (TPSA) is 50.7 Å². The number of hydrogen-bond acceptors (Lipinski definition) is 4. The zero-order valence-corrected chi connectivity index (χ0v) is 18.3. The average molecular weight is 438 g/mol. The van der Waals surface area contributed by atoms with Crippen LogP contribution in [-0.4, -0.2) is 21.5 Å². The summed E-state index contributed by atoms with van der Waals surface area (Å²) in [5.41, 5.74) is 4.51. The van der Waals surface area contributed by atoms with Crippen LogP contribution in [0.5, 0.6) is 0 Å². The summed E-state index contributed by atoms with van der Waals surface area (Å²) in [4.78, 5) is 11.9. The number of nitrogens with one attached hydrogen (secondary N) is 1. The van der Waals surface area contributed by atoms with Gasteiger partial charge in [-0.1, -0.05) is 49.4 Å². The fraction of sp³-hybridized carbons (Fsp3) is 0.240. The average Bonchev–Trinajstić information content (AvgIpc) is 2.75. The molecule has 4 nitrogen and oxygen atoms in total. The largest absolute Gasteiger partial charge is 0.451 e. The summed E-state index contributed by atoms with van der Waals surface area (Å²) in [6.07, 6.45) is 3.85. The number of halogens is 3. The lowest BCUT2D eigenvalue weighted by atomic mass is 10.1. The lowest BCUT2D eigenvalue weighted by Crippen LogP contribution is -2.14. The molecule has 3 aromatic rings. The van der Waals surface area contributed by atoms with E-state index in [1.807, 2.05) is 45.1 Å². The first kappa shape index (κ1) is 23.2. The second-order valence-electron chi connectivity index (χ2n) is 7.55. The molecule has 0 radical (unpaired) electrons. The van der Waals surface area contributed by atoms with E-state index in [9.17, 15) is 13.2 Å². The van der Waals surface area contributed by atoms with Crippen LogP contribution in [0.1, 0.15) is 31.7 Å². The quantitative estimate of drug-likeness (QED) is 0.408. The molecule has 0 saturated carbocycles. The molecule has 2 heterocycles. The number of allylic oxidation sites excluding steroid dienone is 3. The van der Waals surface area contributed by atoms with E-state index in [0.29, 0.717) is 16.7 Å². The molecule has 0 unspecified atom stereocenters. The molecule has 32 heavy (non-hydrogen) atoms. The lowest BCUT2D eigenvalue weighted by molar-refractivity contribution is -0.144. The number of alkyl halides is 3. The smallest absolute Gasteiger partial charge is 0.365 e. The van der Waals surface area contributed by atoms with E-state index in [2.05, 4.69) is 32.9 Å². The van der Waals surface area contributed by atoms with Crippen LogP contribution in [0.15, 0.2) is 72.5 Å². The molecule has 3 rings (SSSR count). The number of anilines is 1. The van der Waals surface area contributed by atoms with Crippen LogP contribution in [0.4, 0.5) is 19.0 Å². The Morgan fingerprint density at radius 3 is 2.56 bits per heavy atom. The van der Waals surface area contributed by atoms with Gasteiger partial charge in [-0.3, -0.25) is 4.98 Å². The maximum absolute atomic E-state index is 13.4. The maximum atomic E-state index is 13.4. The normalized spacial score (nSPS) is 12.5.